The van der Waals surface area contributed by atoms with E-state index < -0.39 is 18.0 Å². The number of ether oxygens (including phenoxy) is 1. The van der Waals surface area contributed by atoms with Crippen LogP contribution in [0.1, 0.15) is 48.6 Å². The fraction of sp³-hybridized carbons (Fsp3) is 0.389. The highest BCUT2D eigenvalue weighted by Crippen LogP contribution is 2.22. The van der Waals surface area contributed by atoms with Gasteiger partial charge in [-0.25, -0.2) is 9.78 Å². The SMILES string of the molecule is Cc1cc(C(=O)O[C@@H](C)C(=O)Nc2cccnc2Cl)c(C)n1C(C)C. The van der Waals surface area contributed by atoms with E-state index in [2.05, 4.69) is 14.9 Å². The number of anilines is 1. The summed E-state index contributed by atoms with van der Waals surface area (Å²) in [5.74, 6) is -0.999. The van der Waals surface area contributed by atoms with Crippen molar-refractivity contribution in [1.29, 1.82) is 0 Å². The molecule has 0 aliphatic rings. The smallest absolute Gasteiger partial charge is 0.340 e. The van der Waals surface area contributed by atoms with Crippen LogP contribution in [-0.2, 0) is 9.53 Å². The molecule has 1 N–H and O–H groups in total. The number of amides is 1. The third-order valence-electron chi connectivity index (χ3n) is 3.89. The minimum absolute atomic E-state index is 0.176. The van der Waals surface area contributed by atoms with Crippen molar-refractivity contribution >= 4 is 29.2 Å². The van der Waals surface area contributed by atoms with Crippen molar-refractivity contribution in [3.8, 4) is 0 Å². The number of pyridine rings is 1. The van der Waals surface area contributed by atoms with Crippen LogP contribution in [0.5, 0.6) is 0 Å². The zero-order valence-corrected chi connectivity index (χ0v) is 15.7. The zero-order valence-electron chi connectivity index (χ0n) is 15.0. The van der Waals surface area contributed by atoms with Crippen LogP contribution in [0.2, 0.25) is 5.15 Å². The molecule has 25 heavy (non-hydrogen) atoms. The molecule has 0 aliphatic carbocycles. The van der Waals surface area contributed by atoms with Gasteiger partial charge in [0.25, 0.3) is 5.91 Å². The molecule has 7 heteroatoms. The molecule has 2 aromatic heterocycles. The van der Waals surface area contributed by atoms with E-state index in [1.54, 1.807) is 18.2 Å². The largest absolute Gasteiger partial charge is 0.449 e. The highest BCUT2D eigenvalue weighted by molar-refractivity contribution is 6.32. The second-order valence-corrected chi connectivity index (χ2v) is 6.49. The molecule has 0 radical (unpaired) electrons. The number of hydrogen-bond acceptors (Lipinski definition) is 4. The Balaban J connectivity index is 2.09. The van der Waals surface area contributed by atoms with E-state index in [1.807, 2.05) is 27.7 Å². The molecule has 0 saturated carbocycles. The molecule has 0 spiro atoms. The van der Waals surface area contributed by atoms with Crippen molar-refractivity contribution in [3.05, 3.63) is 46.5 Å². The Morgan fingerprint density at radius 3 is 2.52 bits per heavy atom. The lowest BCUT2D eigenvalue weighted by Crippen LogP contribution is -2.30. The molecule has 6 nitrogen and oxygen atoms in total. The number of carbonyl (C=O) groups excluding carboxylic acids is 2. The Hall–Kier alpha value is -2.34. The molecular weight excluding hydrogens is 342 g/mol. The van der Waals surface area contributed by atoms with Crippen LogP contribution in [-0.4, -0.2) is 27.5 Å². The molecule has 134 valence electrons. The summed E-state index contributed by atoms with van der Waals surface area (Å²) in [6.07, 6.45) is 0.553. The van der Waals surface area contributed by atoms with Crippen LogP contribution in [0.4, 0.5) is 5.69 Å². The second kappa shape index (κ2) is 7.70. The van der Waals surface area contributed by atoms with Gasteiger partial charge in [-0.15, -0.1) is 0 Å². The van der Waals surface area contributed by atoms with Crippen molar-refractivity contribution in [2.45, 2.75) is 46.8 Å². The Bertz CT molecular complexity index is 799. The molecule has 1 amide bonds. The topological polar surface area (TPSA) is 73.2 Å². The van der Waals surface area contributed by atoms with Gasteiger partial charge in [0.1, 0.15) is 0 Å². The molecule has 0 bridgehead atoms. The summed E-state index contributed by atoms with van der Waals surface area (Å²) >= 11 is 5.91. The highest BCUT2D eigenvalue weighted by atomic mass is 35.5. The van der Waals surface area contributed by atoms with E-state index >= 15 is 0 Å². The number of esters is 1. The lowest BCUT2D eigenvalue weighted by Gasteiger charge is -2.15. The van der Waals surface area contributed by atoms with E-state index in [0.717, 1.165) is 11.4 Å². The Morgan fingerprint density at radius 1 is 1.28 bits per heavy atom. The quantitative estimate of drug-likeness (QED) is 0.645. The third kappa shape index (κ3) is 4.20. The summed E-state index contributed by atoms with van der Waals surface area (Å²) in [5.41, 5.74) is 2.62. The van der Waals surface area contributed by atoms with Crippen molar-refractivity contribution < 1.29 is 14.3 Å². The molecule has 2 aromatic rings. The summed E-state index contributed by atoms with van der Waals surface area (Å²) in [7, 11) is 0. The minimum Gasteiger partial charge on any atom is -0.449 e. The van der Waals surface area contributed by atoms with Gasteiger partial charge in [-0.2, -0.15) is 0 Å². The lowest BCUT2D eigenvalue weighted by molar-refractivity contribution is -0.123. The first-order valence-electron chi connectivity index (χ1n) is 8.03. The molecular formula is C18H22ClN3O3. The van der Waals surface area contributed by atoms with E-state index in [0.29, 0.717) is 11.3 Å². The fourth-order valence-electron chi connectivity index (χ4n) is 2.77. The van der Waals surface area contributed by atoms with Crippen LogP contribution in [0, 0.1) is 13.8 Å². The van der Waals surface area contributed by atoms with Crippen LogP contribution >= 0.6 is 11.6 Å². The van der Waals surface area contributed by atoms with Gasteiger partial charge in [-0.1, -0.05) is 11.6 Å². The van der Waals surface area contributed by atoms with Crippen molar-refractivity contribution in [2.75, 3.05) is 5.32 Å². The summed E-state index contributed by atoms with van der Waals surface area (Å²) < 4.78 is 7.36. The van der Waals surface area contributed by atoms with Gasteiger partial charge < -0.3 is 14.6 Å². The fourth-order valence-corrected chi connectivity index (χ4v) is 2.94. The number of rotatable bonds is 5. The van der Waals surface area contributed by atoms with Gasteiger partial charge in [0.05, 0.1) is 11.3 Å². The number of carbonyl (C=O) groups is 2. The molecule has 2 heterocycles. The number of halogens is 1. The Kier molecular flexibility index (Phi) is 5.85. The summed E-state index contributed by atoms with van der Waals surface area (Å²) in [6, 6.07) is 5.28. The van der Waals surface area contributed by atoms with Gasteiger partial charge in [-0.3, -0.25) is 4.79 Å². The average Bonchev–Trinajstić information content (AvgIpc) is 2.84. The van der Waals surface area contributed by atoms with Gasteiger partial charge in [0, 0.05) is 23.6 Å². The van der Waals surface area contributed by atoms with Crippen LogP contribution in [0.25, 0.3) is 0 Å². The molecule has 1 atom stereocenters. The number of nitrogens with one attached hydrogen (secondary N) is 1. The van der Waals surface area contributed by atoms with Gasteiger partial charge in [0.2, 0.25) is 0 Å². The minimum atomic E-state index is -0.967. The Labute approximate surface area is 152 Å². The maximum Gasteiger partial charge on any atom is 0.340 e. The van der Waals surface area contributed by atoms with Crippen molar-refractivity contribution in [3.63, 3.8) is 0 Å². The maximum absolute atomic E-state index is 12.4. The molecule has 0 saturated heterocycles. The first-order valence-corrected chi connectivity index (χ1v) is 8.41. The van der Waals surface area contributed by atoms with E-state index in [4.69, 9.17) is 16.3 Å². The number of nitrogens with zero attached hydrogens (tertiary/aromatic N) is 2. The second-order valence-electron chi connectivity index (χ2n) is 6.13. The summed E-state index contributed by atoms with van der Waals surface area (Å²) in [5, 5.41) is 2.78. The van der Waals surface area contributed by atoms with E-state index in [-0.39, 0.29) is 11.2 Å². The van der Waals surface area contributed by atoms with E-state index in [1.165, 1.54) is 13.1 Å². The Morgan fingerprint density at radius 2 is 1.96 bits per heavy atom. The lowest BCUT2D eigenvalue weighted by atomic mass is 10.2. The third-order valence-corrected chi connectivity index (χ3v) is 4.19. The standard InChI is InChI=1S/C18H22ClN3O3/c1-10(2)22-11(3)9-14(12(22)4)18(24)25-13(5)17(23)21-15-7-6-8-20-16(15)19/h6-10,13H,1-5H3,(H,21,23)/t13-/m0/s1. The van der Waals surface area contributed by atoms with Crippen molar-refractivity contribution in [1.82, 2.24) is 9.55 Å². The van der Waals surface area contributed by atoms with E-state index in [9.17, 15) is 9.59 Å². The summed E-state index contributed by atoms with van der Waals surface area (Å²) in [4.78, 5) is 28.5. The highest BCUT2D eigenvalue weighted by Gasteiger charge is 2.23. The first-order chi connectivity index (χ1) is 11.7. The van der Waals surface area contributed by atoms with Crippen LogP contribution < -0.4 is 5.32 Å². The summed E-state index contributed by atoms with van der Waals surface area (Å²) in [6.45, 7) is 9.40. The van der Waals surface area contributed by atoms with Gasteiger partial charge in [-0.05, 0) is 52.8 Å². The first kappa shape index (κ1) is 19.0. The van der Waals surface area contributed by atoms with Crippen LogP contribution in [0.15, 0.2) is 24.4 Å². The molecule has 0 aromatic carbocycles. The maximum atomic E-state index is 12.4. The normalized spacial score (nSPS) is 12.1. The van der Waals surface area contributed by atoms with Crippen LogP contribution in [0.3, 0.4) is 0 Å². The zero-order chi connectivity index (χ0) is 18.7. The average molecular weight is 364 g/mol. The molecule has 0 fully saturated rings. The van der Waals surface area contributed by atoms with Crippen molar-refractivity contribution in [2.24, 2.45) is 0 Å². The number of hydrogen-bond donors (Lipinski definition) is 1. The monoisotopic (exact) mass is 363 g/mol. The molecule has 0 aliphatic heterocycles. The molecule has 0 unspecified atom stereocenters. The predicted octanol–water partition coefficient (Wildman–Crippen LogP) is 3.92. The predicted molar refractivity (Wildman–Crippen MR) is 97.0 cm³/mol. The molecule has 2 rings (SSSR count). The van der Waals surface area contributed by atoms with Gasteiger partial charge in [0.15, 0.2) is 11.3 Å². The number of aromatic nitrogens is 2. The number of aryl methyl sites for hydroxylation is 1. The van der Waals surface area contributed by atoms with Gasteiger partial charge >= 0.3 is 5.97 Å².